The summed E-state index contributed by atoms with van der Waals surface area (Å²) in [7, 11) is 2.17. The normalized spacial score (nSPS) is 27.0. The Kier molecular flexibility index (Phi) is 4.37. The van der Waals surface area contributed by atoms with E-state index in [9.17, 15) is 0 Å². The van der Waals surface area contributed by atoms with E-state index in [1.165, 1.54) is 18.6 Å². The predicted molar refractivity (Wildman–Crippen MR) is 92.4 cm³/mol. The molecule has 1 aliphatic carbocycles. The molecular weight excluding hydrogens is 300 g/mol. The van der Waals surface area contributed by atoms with E-state index in [0.29, 0.717) is 12.0 Å². The van der Waals surface area contributed by atoms with Gasteiger partial charge in [-0.1, -0.05) is 6.92 Å². The van der Waals surface area contributed by atoms with Crippen molar-refractivity contribution in [2.45, 2.75) is 44.8 Å². The van der Waals surface area contributed by atoms with Gasteiger partial charge in [0, 0.05) is 37.4 Å². The molecule has 0 aromatic carbocycles. The molecule has 1 aliphatic heterocycles. The van der Waals surface area contributed by atoms with E-state index in [1.54, 1.807) is 0 Å². The van der Waals surface area contributed by atoms with E-state index < -0.39 is 0 Å². The second kappa shape index (κ2) is 6.65. The molecule has 24 heavy (non-hydrogen) atoms. The third-order valence-corrected chi connectivity index (χ3v) is 5.42. The first kappa shape index (κ1) is 15.8. The molecule has 0 amide bonds. The molecule has 0 unspecified atom stereocenters. The Labute approximate surface area is 143 Å². The van der Waals surface area contributed by atoms with Crippen molar-refractivity contribution in [2.75, 3.05) is 20.1 Å². The largest absolute Gasteiger partial charge is 0.464 e. The number of rotatable bonds is 6. The molecule has 2 aliphatic rings. The van der Waals surface area contributed by atoms with Crippen molar-refractivity contribution in [3.8, 4) is 0 Å². The van der Waals surface area contributed by atoms with Gasteiger partial charge in [0.25, 0.3) is 0 Å². The summed E-state index contributed by atoms with van der Waals surface area (Å²) in [6.45, 7) is 6.24. The molecule has 0 spiro atoms. The molecular formula is C19H26N4O. The molecule has 4 rings (SSSR count). The minimum Gasteiger partial charge on any atom is -0.464 e. The zero-order chi connectivity index (χ0) is 16.5. The van der Waals surface area contributed by atoms with Gasteiger partial charge in [0.15, 0.2) is 0 Å². The van der Waals surface area contributed by atoms with E-state index in [4.69, 9.17) is 4.42 Å². The molecule has 5 heteroatoms. The van der Waals surface area contributed by atoms with Crippen LogP contribution in [0.25, 0.3) is 0 Å². The van der Waals surface area contributed by atoms with Crippen molar-refractivity contribution in [1.82, 2.24) is 19.8 Å². The Hall–Kier alpha value is -1.72. The lowest BCUT2D eigenvalue weighted by Gasteiger charge is -2.23. The highest BCUT2D eigenvalue weighted by Gasteiger charge is 2.36. The van der Waals surface area contributed by atoms with Gasteiger partial charge < -0.3 is 4.42 Å². The zero-order valence-corrected chi connectivity index (χ0v) is 14.6. The Morgan fingerprint density at radius 2 is 2.08 bits per heavy atom. The van der Waals surface area contributed by atoms with E-state index in [-0.39, 0.29) is 0 Å². The van der Waals surface area contributed by atoms with Gasteiger partial charge in [-0.3, -0.25) is 9.80 Å². The number of nitrogens with zero attached hydrogens (tertiary/aromatic N) is 4. The molecule has 2 fully saturated rings. The average Bonchev–Trinajstić information content (AvgIpc) is 3.00. The highest BCUT2D eigenvalue weighted by molar-refractivity contribution is 5.17. The fraction of sp³-hybridized carbons (Fsp3) is 0.579. The van der Waals surface area contributed by atoms with Crippen LogP contribution >= 0.6 is 0 Å². The number of likely N-dealkylation sites (tertiary alicyclic amines) is 1. The van der Waals surface area contributed by atoms with Crippen LogP contribution in [0, 0.1) is 5.92 Å². The van der Waals surface area contributed by atoms with Gasteiger partial charge in [-0.15, -0.1) is 0 Å². The van der Waals surface area contributed by atoms with E-state index in [0.717, 1.165) is 43.7 Å². The van der Waals surface area contributed by atoms with Crippen molar-refractivity contribution >= 4 is 0 Å². The van der Waals surface area contributed by atoms with Crippen molar-refractivity contribution in [1.29, 1.82) is 0 Å². The van der Waals surface area contributed by atoms with Gasteiger partial charge in [0.05, 0.1) is 13.1 Å². The topological polar surface area (TPSA) is 45.4 Å². The first-order chi connectivity index (χ1) is 11.7. The minimum atomic E-state index is 0.562. The predicted octanol–water partition coefficient (Wildman–Crippen LogP) is 2.90. The molecule has 1 saturated carbocycles. The van der Waals surface area contributed by atoms with Gasteiger partial charge in [0.2, 0.25) is 0 Å². The SMILES string of the molecule is C[C@@H]1C[C@H]1c1ccc(CN2CC[C@H](N(C)Cc3ncccn3)C2)o1. The van der Waals surface area contributed by atoms with Crippen LogP contribution < -0.4 is 0 Å². The summed E-state index contributed by atoms with van der Waals surface area (Å²) in [6.07, 6.45) is 6.10. The van der Waals surface area contributed by atoms with Crippen LogP contribution in [0.1, 0.15) is 43.0 Å². The average molecular weight is 326 g/mol. The molecule has 128 valence electrons. The number of hydrogen-bond acceptors (Lipinski definition) is 5. The second-order valence-corrected chi connectivity index (χ2v) is 7.38. The third kappa shape index (κ3) is 3.52. The van der Waals surface area contributed by atoms with Gasteiger partial charge in [-0.25, -0.2) is 9.97 Å². The van der Waals surface area contributed by atoms with E-state index in [2.05, 4.69) is 45.9 Å². The smallest absolute Gasteiger partial charge is 0.142 e. The zero-order valence-electron chi connectivity index (χ0n) is 14.6. The first-order valence-corrected chi connectivity index (χ1v) is 8.96. The maximum atomic E-state index is 6.06. The van der Waals surface area contributed by atoms with E-state index >= 15 is 0 Å². The Bertz CT molecular complexity index is 671. The molecule has 5 nitrogen and oxygen atoms in total. The van der Waals surface area contributed by atoms with Crippen LogP contribution in [-0.4, -0.2) is 45.9 Å². The number of likely N-dealkylation sites (N-methyl/N-ethyl adjacent to an activating group) is 1. The van der Waals surface area contributed by atoms with Crippen LogP contribution in [0.2, 0.25) is 0 Å². The number of hydrogen-bond donors (Lipinski definition) is 0. The van der Waals surface area contributed by atoms with E-state index in [1.807, 2.05) is 18.5 Å². The highest BCUT2D eigenvalue weighted by Crippen LogP contribution is 2.47. The minimum absolute atomic E-state index is 0.562. The monoisotopic (exact) mass is 326 g/mol. The Balaban J connectivity index is 1.29. The highest BCUT2D eigenvalue weighted by atomic mass is 16.3. The summed E-state index contributed by atoms with van der Waals surface area (Å²) in [6, 6.07) is 6.76. The van der Waals surface area contributed by atoms with Crippen LogP contribution in [0.5, 0.6) is 0 Å². The Morgan fingerprint density at radius 1 is 1.29 bits per heavy atom. The second-order valence-electron chi connectivity index (χ2n) is 7.38. The molecule has 2 aromatic heterocycles. The molecule has 3 heterocycles. The van der Waals surface area contributed by atoms with Crippen LogP contribution in [0.15, 0.2) is 35.0 Å². The van der Waals surface area contributed by atoms with Gasteiger partial charge in [-0.05, 0) is 44.0 Å². The van der Waals surface area contributed by atoms with Crippen molar-refractivity contribution < 1.29 is 4.42 Å². The summed E-state index contributed by atoms with van der Waals surface area (Å²) in [5.74, 6) is 4.66. The number of furan rings is 1. The fourth-order valence-corrected chi connectivity index (χ4v) is 3.70. The molecule has 1 saturated heterocycles. The van der Waals surface area contributed by atoms with Crippen molar-refractivity contribution in [2.24, 2.45) is 5.92 Å². The van der Waals surface area contributed by atoms with Gasteiger partial charge >= 0.3 is 0 Å². The van der Waals surface area contributed by atoms with Crippen molar-refractivity contribution in [3.63, 3.8) is 0 Å². The van der Waals surface area contributed by atoms with Crippen LogP contribution in [-0.2, 0) is 13.1 Å². The third-order valence-electron chi connectivity index (χ3n) is 5.42. The molecule has 0 radical (unpaired) electrons. The molecule has 0 N–H and O–H groups in total. The maximum Gasteiger partial charge on any atom is 0.142 e. The standard InChI is InChI=1S/C19H26N4O/c1-14-10-17(14)18-5-4-16(24-18)12-23-9-6-15(11-23)22(2)13-19-20-7-3-8-21-19/h3-5,7-8,14-15,17H,6,9-13H2,1-2H3/t14-,15+,17-/m1/s1. The summed E-state index contributed by atoms with van der Waals surface area (Å²) >= 11 is 0. The number of aromatic nitrogens is 2. The Morgan fingerprint density at radius 3 is 2.83 bits per heavy atom. The first-order valence-electron chi connectivity index (χ1n) is 8.96. The summed E-state index contributed by atoms with van der Waals surface area (Å²) < 4.78 is 6.06. The molecule has 0 bridgehead atoms. The lowest BCUT2D eigenvalue weighted by Crippen LogP contribution is -2.34. The summed E-state index contributed by atoms with van der Waals surface area (Å²) in [5, 5.41) is 0. The summed E-state index contributed by atoms with van der Waals surface area (Å²) in [5.41, 5.74) is 0. The summed E-state index contributed by atoms with van der Waals surface area (Å²) in [4.78, 5) is 13.5. The van der Waals surface area contributed by atoms with Crippen LogP contribution in [0.3, 0.4) is 0 Å². The molecule has 3 atom stereocenters. The lowest BCUT2D eigenvalue weighted by atomic mass is 10.2. The lowest BCUT2D eigenvalue weighted by molar-refractivity contribution is 0.213. The van der Waals surface area contributed by atoms with Crippen LogP contribution in [0.4, 0.5) is 0 Å². The quantitative estimate of drug-likeness (QED) is 0.817. The van der Waals surface area contributed by atoms with Gasteiger partial charge in [0.1, 0.15) is 17.3 Å². The molecule has 2 aromatic rings. The maximum absolute atomic E-state index is 6.06. The fourth-order valence-electron chi connectivity index (χ4n) is 3.70. The van der Waals surface area contributed by atoms with Crippen molar-refractivity contribution in [3.05, 3.63) is 47.9 Å². The van der Waals surface area contributed by atoms with Gasteiger partial charge in [-0.2, -0.15) is 0 Å².